The Morgan fingerprint density at radius 2 is 1.91 bits per heavy atom. The first-order valence-corrected chi connectivity index (χ1v) is 7.47. The number of carbonyl (C=O) groups is 3. The summed E-state index contributed by atoms with van der Waals surface area (Å²) in [5.41, 5.74) is -0.606. The van der Waals surface area contributed by atoms with Crippen molar-refractivity contribution in [2.24, 2.45) is 0 Å². The Morgan fingerprint density at radius 3 is 2.52 bits per heavy atom. The van der Waals surface area contributed by atoms with E-state index in [0.717, 1.165) is 18.9 Å². The summed E-state index contributed by atoms with van der Waals surface area (Å²) in [7, 11) is 0. The van der Waals surface area contributed by atoms with Crippen molar-refractivity contribution in [3.8, 4) is 0 Å². The van der Waals surface area contributed by atoms with Crippen LogP contribution in [0.4, 0.5) is 4.39 Å². The first kappa shape index (κ1) is 16.9. The zero-order valence-electron chi connectivity index (χ0n) is 12.6. The molecule has 7 heteroatoms. The molecule has 0 radical (unpaired) electrons. The highest BCUT2D eigenvalue weighted by atomic mass is 19.1. The molecule has 124 valence electrons. The van der Waals surface area contributed by atoms with Crippen molar-refractivity contribution in [2.75, 3.05) is 6.54 Å². The third-order valence-electron chi connectivity index (χ3n) is 3.95. The molecule has 0 saturated heterocycles. The summed E-state index contributed by atoms with van der Waals surface area (Å²) in [5, 5.41) is 14.1. The highest BCUT2D eigenvalue weighted by Crippen LogP contribution is 2.32. The Labute approximate surface area is 133 Å². The molecule has 0 bridgehead atoms. The minimum atomic E-state index is -0.962. The third-order valence-corrected chi connectivity index (χ3v) is 3.95. The van der Waals surface area contributed by atoms with Crippen LogP contribution in [-0.4, -0.2) is 35.0 Å². The van der Waals surface area contributed by atoms with Crippen molar-refractivity contribution >= 4 is 17.8 Å². The molecule has 0 atom stereocenters. The lowest BCUT2D eigenvalue weighted by Crippen LogP contribution is -2.51. The van der Waals surface area contributed by atoms with Gasteiger partial charge in [0.1, 0.15) is 5.82 Å². The minimum absolute atomic E-state index is 0.124. The van der Waals surface area contributed by atoms with E-state index in [9.17, 15) is 18.8 Å². The van der Waals surface area contributed by atoms with E-state index in [0.29, 0.717) is 12.8 Å². The summed E-state index contributed by atoms with van der Waals surface area (Å²) in [4.78, 5) is 34.8. The van der Waals surface area contributed by atoms with Crippen LogP contribution in [0.5, 0.6) is 0 Å². The van der Waals surface area contributed by atoms with Gasteiger partial charge < -0.3 is 15.7 Å². The van der Waals surface area contributed by atoms with Crippen LogP contribution in [0.1, 0.15) is 42.5 Å². The molecule has 6 nitrogen and oxygen atoms in total. The van der Waals surface area contributed by atoms with Gasteiger partial charge in [-0.05, 0) is 31.0 Å². The molecular weight excluding hydrogens is 303 g/mol. The van der Waals surface area contributed by atoms with E-state index in [-0.39, 0.29) is 18.5 Å². The van der Waals surface area contributed by atoms with Gasteiger partial charge in [0.25, 0.3) is 5.91 Å². The number of halogens is 1. The maximum absolute atomic E-state index is 13.1. The Hall–Kier alpha value is -2.44. The van der Waals surface area contributed by atoms with Crippen molar-refractivity contribution in [3.05, 3.63) is 35.6 Å². The summed E-state index contributed by atoms with van der Waals surface area (Å²) in [6.45, 7) is -0.281. The van der Waals surface area contributed by atoms with Gasteiger partial charge in [0.2, 0.25) is 5.91 Å². The SMILES string of the molecule is O=C(O)CC1(NC(=O)CNC(=O)c2cccc(F)c2)CCCC1. The molecule has 1 aromatic rings. The van der Waals surface area contributed by atoms with Crippen molar-refractivity contribution in [2.45, 2.75) is 37.6 Å². The lowest BCUT2D eigenvalue weighted by molar-refractivity contribution is -0.139. The fraction of sp³-hybridized carbons (Fsp3) is 0.438. The molecule has 1 aliphatic rings. The number of carboxylic acid groups (broad SMARTS) is 1. The van der Waals surface area contributed by atoms with Crippen LogP contribution in [0.15, 0.2) is 24.3 Å². The van der Waals surface area contributed by atoms with E-state index >= 15 is 0 Å². The molecule has 0 aromatic heterocycles. The Kier molecular flexibility index (Phi) is 5.31. The summed E-state index contributed by atoms with van der Waals surface area (Å²) in [5.74, 6) is -2.50. The summed E-state index contributed by atoms with van der Waals surface area (Å²) < 4.78 is 13.1. The Morgan fingerprint density at radius 1 is 1.22 bits per heavy atom. The van der Waals surface area contributed by atoms with E-state index < -0.39 is 29.1 Å². The number of nitrogens with one attached hydrogen (secondary N) is 2. The van der Waals surface area contributed by atoms with Crippen LogP contribution in [0, 0.1) is 5.82 Å². The maximum Gasteiger partial charge on any atom is 0.305 e. The molecule has 1 saturated carbocycles. The number of carbonyl (C=O) groups excluding carboxylic acids is 2. The van der Waals surface area contributed by atoms with Crippen molar-refractivity contribution in [1.82, 2.24) is 10.6 Å². The normalized spacial score (nSPS) is 15.9. The van der Waals surface area contributed by atoms with Crippen molar-refractivity contribution in [1.29, 1.82) is 0 Å². The Balaban J connectivity index is 1.89. The van der Waals surface area contributed by atoms with Crippen LogP contribution < -0.4 is 10.6 Å². The van der Waals surface area contributed by atoms with Gasteiger partial charge in [0.15, 0.2) is 0 Å². The summed E-state index contributed by atoms with van der Waals surface area (Å²) in [6.07, 6.45) is 2.83. The van der Waals surface area contributed by atoms with Gasteiger partial charge in [-0.15, -0.1) is 0 Å². The predicted octanol–water partition coefficient (Wildman–Crippen LogP) is 1.46. The largest absolute Gasteiger partial charge is 0.481 e. The van der Waals surface area contributed by atoms with Gasteiger partial charge in [-0.25, -0.2) is 4.39 Å². The maximum atomic E-state index is 13.1. The van der Waals surface area contributed by atoms with Gasteiger partial charge in [0, 0.05) is 5.56 Å². The second-order valence-electron chi connectivity index (χ2n) is 5.80. The average Bonchev–Trinajstić information content (AvgIpc) is 2.91. The predicted molar refractivity (Wildman–Crippen MR) is 80.3 cm³/mol. The molecular formula is C16H19FN2O4. The molecule has 0 heterocycles. The van der Waals surface area contributed by atoms with Crippen LogP contribution >= 0.6 is 0 Å². The van der Waals surface area contributed by atoms with Gasteiger partial charge in [-0.3, -0.25) is 14.4 Å². The molecule has 1 aliphatic carbocycles. The van der Waals surface area contributed by atoms with E-state index in [1.807, 2.05) is 0 Å². The summed E-state index contributed by atoms with van der Waals surface area (Å²) >= 11 is 0. The quantitative estimate of drug-likeness (QED) is 0.739. The van der Waals surface area contributed by atoms with Gasteiger partial charge >= 0.3 is 5.97 Å². The molecule has 23 heavy (non-hydrogen) atoms. The third kappa shape index (κ3) is 4.77. The summed E-state index contributed by atoms with van der Waals surface area (Å²) in [6, 6.07) is 5.15. The highest BCUT2D eigenvalue weighted by molar-refractivity contribution is 5.96. The topological polar surface area (TPSA) is 95.5 Å². The van der Waals surface area contributed by atoms with Gasteiger partial charge in [-0.2, -0.15) is 0 Å². The number of hydrogen-bond donors (Lipinski definition) is 3. The average molecular weight is 322 g/mol. The van der Waals surface area contributed by atoms with E-state index in [1.165, 1.54) is 18.2 Å². The second kappa shape index (κ2) is 7.21. The molecule has 0 unspecified atom stereocenters. The van der Waals surface area contributed by atoms with E-state index in [4.69, 9.17) is 5.11 Å². The fourth-order valence-corrected chi connectivity index (χ4v) is 2.92. The standard InChI is InChI=1S/C16H19FN2O4/c17-12-5-3-4-11(8-12)15(23)18-10-13(20)19-16(9-14(21)22)6-1-2-7-16/h3-5,8H,1-2,6-7,9-10H2,(H,18,23)(H,19,20)(H,21,22). The van der Waals surface area contributed by atoms with Gasteiger partial charge in [0.05, 0.1) is 18.5 Å². The number of carboxylic acids is 1. The molecule has 1 fully saturated rings. The van der Waals surface area contributed by atoms with Crippen molar-refractivity contribution < 1.29 is 23.9 Å². The molecule has 2 rings (SSSR count). The lowest BCUT2D eigenvalue weighted by Gasteiger charge is -2.28. The fourth-order valence-electron chi connectivity index (χ4n) is 2.92. The monoisotopic (exact) mass is 322 g/mol. The lowest BCUT2D eigenvalue weighted by atomic mass is 9.93. The number of amides is 2. The molecule has 1 aromatic carbocycles. The zero-order valence-corrected chi connectivity index (χ0v) is 12.6. The number of hydrogen-bond acceptors (Lipinski definition) is 3. The smallest absolute Gasteiger partial charge is 0.305 e. The molecule has 2 amide bonds. The zero-order chi connectivity index (χ0) is 16.9. The molecule has 0 aliphatic heterocycles. The first-order chi connectivity index (χ1) is 10.9. The molecule has 0 spiro atoms. The number of benzene rings is 1. The number of aliphatic carboxylic acids is 1. The number of rotatable bonds is 6. The van der Waals surface area contributed by atoms with Crippen molar-refractivity contribution in [3.63, 3.8) is 0 Å². The second-order valence-corrected chi connectivity index (χ2v) is 5.80. The van der Waals surface area contributed by atoms with E-state index in [2.05, 4.69) is 10.6 Å². The first-order valence-electron chi connectivity index (χ1n) is 7.47. The van der Waals surface area contributed by atoms with Gasteiger partial charge in [-0.1, -0.05) is 18.9 Å². The Bertz CT molecular complexity index is 612. The van der Waals surface area contributed by atoms with Crippen LogP contribution in [-0.2, 0) is 9.59 Å². The highest BCUT2D eigenvalue weighted by Gasteiger charge is 2.37. The van der Waals surface area contributed by atoms with Crippen LogP contribution in [0.2, 0.25) is 0 Å². The van der Waals surface area contributed by atoms with Crippen LogP contribution in [0.25, 0.3) is 0 Å². The van der Waals surface area contributed by atoms with E-state index in [1.54, 1.807) is 0 Å². The van der Waals surface area contributed by atoms with Crippen LogP contribution in [0.3, 0.4) is 0 Å². The minimum Gasteiger partial charge on any atom is -0.481 e. The molecule has 3 N–H and O–H groups in total.